The summed E-state index contributed by atoms with van der Waals surface area (Å²) in [4.78, 5) is 29.6. The Bertz CT molecular complexity index is 947. The van der Waals surface area contributed by atoms with Crippen LogP contribution in [-0.2, 0) is 16.1 Å². The Balaban J connectivity index is 1.53. The van der Waals surface area contributed by atoms with Gasteiger partial charge in [-0.2, -0.15) is 0 Å². The number of carbonyl (C=O) groups excluding carboxylic acids is 2. The summed E-state index contributed by atoms with van der Waals surface area (Å²) in [5, 5.41) is 0.382. The smallest absolute Gasteiger partial charge is 0.255 e. The summed E-state index contributed by atoms with van der Waals surface area (Å²) < 4.78 is 11.5. The predicted molar refractivity (Wildman–Crippen MR) is 118 cm³/mol. The van der Waals surface area contributed by atoms with E-state index in [9.17, 15) is 9.59 Å². The molecule has 1 aliphatic heterocycles. The zero-order chi connectivity index (χ0) is 21.8. The molecule has 1 saturated carbocycles. The van der Waals surface area contributed by atoms with Gasteiger partial charge < -0.3 is 19.3 Å². The lowest BCUT2D eigenvalue weighted by Gasteiger charge is -2.25. The lowest BCUT2D eigenvalue weighted by atomic mass is 10.2. The van der Waals surface area contributed by atoms with Crippen LogP contribution in [-0.4, -0.2) is 61.1 Å². The molecule has 1 atom stereocenters. The van der Waals surface area contributed by atoms with Crippen LogP contribution in [0.3, 0.4) is 0 Å². The molecule has 31 heavy (non-hydrogen) atoms. The number of halogens is 1. The van der Waals surface area contributed by atoms with Gasteiger partial charge in [0.25, 0.3) is 5.91 Å². The molecule has 1 unspecified atom stereocenters. The standard InChI is InChI=1S/C24H27ClN2O4/c1-30-19-6-4-5-18(11-19)12-26-13-20(31-16-17-9-10-17)14-27(15-23(26)28)24(29)21-7-2-3-8-22(21)25/h2-8,11,17,20H,9-10,12-16H2,1H3. The summed E-state index contributed by atoms with van der Waals surface area (Å²) in [5.74, 6) is 0.985. The van der Waals surface area contributed by atoms with Crippen molar-refractivity contribution in [3.63, 3.8) is 0 Å². The van der Waals surface area contributed by atoms with E-state index < -0.39 is 0 Å². The molecule has 164 valence electrons. The van der Waals surface area contributed by atoms with E-state index in [1.807, 2.05) is 24.3 Å². The molecule has 2 fully saturated rings. The van der Waals surface area contributed by atoms with E-state index in [1.165, 1.54) is 12.8 Å². The van der Waals surface area contributed by atoms with E-state index in [0.29, 0.717) is 42.7 Å². The van der Waals surface area contributed by atoms with Gasteiger partial charge in [0, 0.05) is 26.2 Å². The first-order valence-electron chi connectivity index (χ1n) is 10.6. The molecule has 1 aliphatic carbocycles. The quantitative estimate of drug-likeness (QED) is 0.657. The van der Waals surface area contributed by atoms with Crippen molar-refractivity contribution in [1.29, 1.82) is 0 Å². The topological polar surface area (TPSA) is 59.1 Å². The molecule has 0 aromatic heterocycles. The van der Waals surface area contributed by atoms with Crippen molar-refractivity contribution in [2.24, 2.45) is 5.92 Å². The van der Waals surface area contributed by atoms with E-state index in [4.69, 9.17) is 21.1 Å². The number of hydrogen-bond donors (Lipinski definition) is 0. The molecule has 0 radical (unpaired) electrons. The first-order chi connectivity index (χ1) is 15.0. The van der Waals surface area contributed by atoms with Crippen LogP contribution in [0.4, 0.5) is 0 Å². The second-order valence-electron chi connectivity index (χ2n) is 8.19. The maximum absolute atomic E-state index is 13.2. The van der Waals surface area contributed by atoms with Gasteiger partial charge in [0.2, 0.25) is 5.91 Å². The molecule has 0 spiro atoms. The molecule has 2 aliphatic rings. The van der Waals surface area contributed by atoms with Crippen LogP contribution in [0.5, 0.6) is 5.75 Å². The van der Waals surface area contributed by atoms with Crippen molar-refractivity contribution in [1.82, 2.24) is 9.80 Å². The van der Waals surface area contributed by atoms with Crippen molar-refractivity contribution < 1.29 is 19.1 Å². The number of benzene rings is 2. The molecule has 1 heterocycles. The summed E-state index contributed by atoms with van der Waals surface area (Å²) in [6.07, 6.45) is 2.12. The van der Waals surface area contributed by atoms with Crippen molar-refractivity contribution >= 4 is 23.4 Å². The zero-order valence-electron chi connectivity index (χ0n) is 17.6. The van der Waals surface area contributed by atoms with Gasteiger partial charge in [-0.15, -0.1) is 0 Å². The second kappa shape index (κ2) is 9.71. The number of amides is 2. The van der Waals surface area contributed by atoms with Crippen molar-refractivity contribution in [2.45, 2.75) is 25.5 Å². The van der Waals surface area contributed by atoms with Gasteiger partial charge in [-0.1, -0.05) is 35.9 Å². The monoisotopic (exact) mass is 442 g/mol. The maximum atomic E-state index is 13.2. The Kier molecular flexibility index (Phi) is 6.78. The zero-order valence-corrected chi connectivity index (χ0v) is 18.4. The SMILES string of the molecule is COc1cccc(CN2CC(OCC3CC3)CN(C(=O)c3ccccc3Cl)CC2=O)c1. The second-order valence-corrected chi connectivity index (χ2v) is 8.60. The fraction of sp³-hybridized carbons (Fsp3) is 0.417. The van der Waals surface area contributed by atoms with Crippen molar-refractivity contribution in [3.8, 4) is 5.75 Å². The maximum Gasteiger partial charge on any atom is 0.255 e. The fourth-order valence-electron chi connectivity index (χ4n) is 3.74. The highest BCUT2D eigenvalue weighted by atomic mass is 35.5. The Labute approximate surface area is 187 Å². The number of hydrogen-bond acceptors (Lipinski definition) is 4. The summed E-state index contributed by atoms with van der Waals surface area (Å²) in [6.45, 7) is 1.90. The number of nitrogens with zero attached hydrogens (tertiary/aromatic N) is 2. The van der Waals surface area contributed by atoms with Crippen LogP contribution < -0.4 is 4.74 Å². The minimum atomic E-state index is -0.248. The van der Waals surface area contributed by atoms with Crippen LogP contribution in [0.25, 0.3) is 0 Å². The normalized spacial score (nSPS) is 19.3. The van der Waals surface area contributed by atoms with E-state index in [-0.39, 0.29) is 24.5 Å². The lowest BCUT2D eigenvalue weighted by molar-refractivity contribution is -0.132. The molecule has 2 aromatic rings. The summed E-state index contributed by atoms with van der Waals surface area (Å²) in [7, 11) is 1.62. The van der Waals surface area contributed by atoms with Gasteiger partial charge in [-0.3, -0.25) is 9.59 Å². The summed E-state index contributed by atoms with van der Waals surface area (Å²) >= 11 is 6.24. The first-order valence-corrected chi connectivity index (χ1v) is 11.0. The minimum absolute atomic E-state index is 0.00267. The average molecular weight is 443 g/mol. The van der Waals surface area contributed by atoms with Crippen LogP contribution in [0.15, 0.2) is 48.5 Å². The van der Waals surface area contributed by atoms with Gasteiger partial charge in [0.1, 0.15) is 12.3 Å². The molecule has 1 saturated heterocycles. The lowest BCUT2D eigenvalue weighted by Crippen LogP contribution is -2.40. The highest BCUT2D eigenvalue weighted by molar-refractivity contribution is 6.33. The molecular formula is C24H27ClN2O4. The van der Waals surface area contributed by atoms with Gasteiger partial charge >= 0.3 is 0 Å². The van der Waals surface area contributed by atoms with E-state index >= 15 is 0 Å². The van der Waals surface area contributed by atoms with Crippen molar-refractivity contribution in [3.05, 3.63) is 64.7 Å². The third-order valence-electron chi connectivity index (χ3n) is 5.69. The van der Waals surface area contributed by atoms with Crippen molar-refractivity contribution in [2.75, 3.05) is 33.4 Å². The van der Waals surface area contributed by atoms with Gasteiger partial charge in [0.15, 0.2) is 0 Å². The predicted octanol–water partition coefficient (Wildman–Crippen LogP) is 3.63. The van der Waals surface area contributed by atoms with Gasteiger partial charge in [-0.25, -0.2) is 0 Å². The Hall–Kier alpha value is -2.57. The largest absolute Gasteiger partial charge is 0.497 e. The Morgan fingerprint density at radius 2 is 1.94 bits per heavy atom. The molecule has 2 amide bonds. The van der Waals surface area contributed by atoms with Gasteiger partial charge in [-0.05, 0) is 48.6 Å². The van der Waals surface area contributed by atoms with Crippen LogP contribution in [0.2, 0.25) is 5.02 Å². The fourth-order valence-corrected chi connectivity index (χ4v) is 3.96. The van der Waals surface area contributed by atoms with E-state index in [0.717, 1.165) is 11.3 Å². The van der Waals surface area contributed by atoms with Crippen LogP contribution in [0.1, 0.15) is 28.8 Å². The number of rotatable bonds is 7. The highest BCUT2D eigenvalue weighted by Crippen LogP contribution is 2.30. The Morgan fingerprint density at radius 1 is 1.13 bits per heavy atom. The molecule has 2 aromatic carbocycles. The van der Waals surface area contributed by atoms with E-state index in [2.05, 4.69) is 0 Å². The van der Waals surface area contributed by atoms with Crippen LogP contribution >= 0.6 is 11.6 Å². The molecular weight excluding hydrogens is 416 g/mol. The molecule has 4 rings (SSSR count). The average Bonchev–Trinajstić information content (AvgIpc) is 3.61. The number of methoxy groups -OCH3 is 1. The molecule has 0 N–H and O–H groups in total. The minimum Gasteiger partial charge on any atom is -0.497 e. The number of carbonyl (C=O) groups is 2. The van der Waals surface area contributed by atoms with E-state index in [1.54, 1.807) is 41.2 Å². The highest BCUT2D eigenvalue weighted by Gasteiger charge is 2.33. The first kappa shape index (κ1) is 21.7. The van der Waals surface area contributed by atoms with Crippen LogP contribution in [0, 0.1) is 5.92 Å². The molecule has 0 bridgehead atoms. The summed E-state index contributed by atoms with van der Waals surface area (Å²) in [6, 6.07) is 14.6. The Morgan fingerprint density at radius 3 is 2.68 bits per heavy atom. The summed E-state index contributed by atoms with van der Waals surface area (Å²) in [5.41, 5.74) is 1.37. The van der Waals surface area contributed by atoms with Gasteiger partial charge in [0.05, 0.1) is 23.8 Å². The molecule has 6 nitrogen and oxygen atoms in total. The third kappa shape index (κ3) is 5.57. The number of ether oxygens (including phenoxy) is 2. The third-order valence-corrected chi connectivity index (χ3v) is 6.02. The molecule has 7 heteroatoms.